The summed E-state index contributed by atoms with van der Waals surface area (Å²) in [5.74, 6) is 0.615. The number of pyridine rings is 1. The van der Waals surface area contributed by atoms with E-state index < -0.39 is 0 Å². The second kappa shape index (κ2) is 7.15. The van der Waals surface area contributed by atoms with Gasteiger partial charge < -0.3 is 10.6 Å². The number of rotatable bonds is 6. The largest absolute Gasteiger partial charge is 0.360 e. The summed E-state index contributed by atoms with van der Waals surface area (Å²) in [5, 5.41) is 6.92. The van der Waals surface area contributed by atoms with Crippen molar-refractivity contribution >= 4 is 33.3 Å². The highest BCUT2D eigenvalue weighted by Crippen LogP contribution is 2.28. The minimum Gasteiger partial charge on any atom is -0.360 e. The monoisotopic (exact) mass is 327 g/mol. The Bertz CT molecular complexity index is 803. The zero-order chi connectivity index (χ0) is 16.1. The summed E-state index contributed by atoms with van der Waals surface area (Å²) in [6, 6.07) is 5.83. The smallest absolute Gasteiger partial charge is 0.239 e. The van der Waals surface area contributed by atoms with E-state index in [0.29, 0.717) is 12.4 Å². The molecular weight excluding hydrogens is 310 g/mol. The van der Waals surface area contributed by atoms with Gasteiger partial charge in [-0.2, -0.15) is 0 Å². The van der Waals surface area contributed by atoms with Gasteiger partial charge in [0.1, 0.15) is 17.0 Å². The fraction of sp³-hybridized carbons (Fsp3) is 0.250. The molecule has 0 aromatic carbocycles. The third-order valence-corrected chi connectivity index (χ3v) is 4.57. The van der Waals surface area contributed by atoms with Crippen molar-refractivity contribution in [2.24, 2.45) is 0 Å². The van der Waals surface area contributed by atoms with Crippen LogP contribution >= 0.6 is 11.3 Å². The molecule has 0 spiro atoms. The molecular formula is C16H17N5OS. The number of thiophene rings is 1. The number of aromatic nitrogens is 3. The van der Waals surface area contributed by atoms with Crippen LogP contribution in [-0.4, -0.2) is 27.4 Å². The quantitative estimate of drug-likeness (QED) is 0.726. The Kier molecular flexibility index (Phi) is 4.77. The molecule has 6 nitrogen and oxygen atoms in total. The average Bonchev–Trinajstić information content (AvgIpc) is 3.03. The predicted molar refractivity (Wildman–Crippen MR) is 91.4 cm³/mol. The summed E-state index contributed by atoms with van der Waals surface area (Å²) in [6.07, 6.45) is 5.90. The van der Waals surface area contributed by atoms with Crippen molar-refractivity contribution in [3.05, 3.63) is 47.4 Å². The van der Waals surface area contributed by atoms with Gasteiger partial charge in [-0.05, 0) is 30.2 Å². The van der Waals surface area contributed by atoms with E-state index >= 15 is 0 Å². The fourth-order valence-electron chi connectivity index (χ4n) is 2.15. The van der Waals surface area contributed by atoms with Crippen LogP contribution in [0.2, 0.25) is 0 Å². The van der Waals surface area contributed by atoms with Gasteiger partial charge >= 0.3 is 0 Å². The van der Waals surface area contributed by atoms with Crippen LogP contribution in [0.4, 0.5) is 5.82 Å². The molecule has 0 unspecified atom stereocenters. The number of hydrogen-bond donors (Lipinski definition) is 2. The van der Waals surface area contributed by atoms with Crippen molar-refractivity contribution < 1.29 is 4.79 Å². The number of fused-ring (bicyclic) bond motifs is 1. The lowest BCUT2D eigenvalue weighted by molar-refractivity contribution is -0.119. The molecule has 0 bridgehead atoms. The molecule has 3 aromatic rings. The van der Waals surface area contributed by atoms with E-state index in [4.69, 9.17) is 0 Å². The highest BCUT2D eigenvalue weighted by Gasteiger charge is 2.09. The van der Waals surface area contributed by atoms with Gasteiger partial charge in [-0.15, -0.1) is 11.3 Å². The fourth-order valence-corrected chi connectivity index (χ4v) is 3.08. The average molecular weight is 327 g/mol. The standard InChI is InChI=1S/C16H17N5OS/c1-2-12-7-13-15(20-10-21-16(13)23-12)19-9-14(22)18-8-11-3-5-17-6-4-11/h3-7,10H,2,8-9H2,1H3,(H,18,22)(H,19,20,21). The zero-order valence-corrected chi connectivity index (χ0v) is 13.6. The minimum absolute atomic E-state index is 0.0838. The van der Waals surface area contributed by atoms with Gasteiger partial charge in [0.2, 0.25) is 5.91 Å². The van der Waals surface area contributed by atoms with Gasteiger partial charge in [-0.3, -0.25) is 9.78 Å². The van der Waals surface area contributed by atoms with E-state index in [0.717, 1.165) is 22.2 Å². The molecule has 0 radical (unpaired) electrons. The lowest BCUT2D eigenvalue weighted by atomic mass is 10.3. The first-order valence-electron chi connectivity index (χ1n) is 7.39. The summed E-state index contributed by atoms with van der Waals surface area (Å²) in [6.45, 7) is 2.77. The van der Waals surface area contributed by atoms with Gasteiger partial charge in [-0.1, -0.05) is 6.92 Å². The molecule has 3 aromatic heterocycles. The van der Waals surface area contributed by atoms with Crippen LogP contribution in [0.1, 0.15) is 17.4 Å². The number of aryl methyl sites for hydroxylation is 1. The van der Waals surface area contributed by atoms with Crippen LogP contribution in [-0.2, 0) is 17.8 Å². The van der Waals surface area contributed by atoms with Crippen molar-refractivity contribution in [3.63, 3.8) is 0 Å². The molecule has 0 aliphatic rings. The first kappa shape index (κ1) is 15.4. The van der Waals surface area contributed by atoms with E-state index in [9.17, 15) is 4.79 Å². The highest BCUT2D eigenvalue weighted by molar-refractivity contribution is 7.18. The van der Waals surface area contributed by atoms with Gasteiger partial charge in [0.05, 0.1) is 11.9 Å². The number of nitrogens with zero attached hydrogens (tertiary/aromatic N) is 3. The molecule has 2 N–H and O–H groups in total. The maximum Gasteiger partial charge on any atom is 0.239 e. The third-order valence-electron chi connectivity index (χ3n) is 3.38. The molecule has 0 saturated carbocycles. The lowest BCUT2D eigenvalue weighted by Gasteiger charge is -2.07. The molecule has 118 valence electrons. The first-order valence-corrected chi connectivity index (χ1v) is 8.21. The normalized spacial score (nSPS) is 10.7. The predicted octanol–water partition coefficient (Wildman–Crippen LogP) is 2.38. The molecule has 23 heavy (non-hydrogen) atoms. The topological polar surface area (TPSA) is 79.8 Å². The van der Waals surface area contributed by atoms with E-state index in [1.54, 1.807) is 23.7 Å². The van der Waals surface area contributed by atoms with Crippen LogP contribution in [0.5, 0.6) is 0 Å². The summed E-state index contributed by atoms with van der Waals surface area (Å²) >= 11 is 1.66. The number of carbonyl (C=O) groups excluding carboxylic acids is 1. The molecule has 0 saturated heterocycles. The molecule has 3 rings (SSSR count). The van der Waals surface area contributed by atoms with Crippen molar-refractivity contribution in [3.8, 4) is 0 Å². The summed E-state index contributed by atoms with van der Waals surface area (Å²) in [5.41, 5.74) is 1.02. The second-order valence-electron chi connectivity index (χ2n) is 4.99. The van der Waals surface area contributed by atoms with Gasteiger partial charge in [0.15, 0.2) is 0 Å². The molecule has 0 aliphatic heterocycles. The molecule has 0 aliphatic carbocycles. The lowest BCUT2D eigenvalue weighted by Crippen LogP contribution is -2.29. The molecule has 1 amide bonds. The summed E-state index contributed by atoms with van der Waals surface area (Å²) in [4.78, 5) is 26.6. The van der Waals surface area contributed by atoms with Gasteiger partial charge in [0.25, 0.3) is 0 Å². The van der Waals surface area contributed by atoms with Crippen molar-refractivity contribution in [2.45, 2.75) is 19.9 Å². The van der Waals surface area contributed by atoms with Crippen molar-refractivity contribution in [2.75, 3.05) is 11.9 Å². The number of nitrogens with one attached hydrogen (secondary N) is 2. The van der Waals surface area contributed by atoms with Crippen LogP contribution in [0.3, 0.4) is 0 Å². The van der Waals surface area contributed by atoms with E-state index in [1.165, 1.54) is 11.2 Å². The molecule has 3 heterocycles. The van der Waals surface area contributed by atoms with Crippen molar-refractivity contribution in [1.29, 1.82) is 0 Å². The molecule has 0 atom stereocenters. The number of anilines is 1. The Morgan fingerprint density at radius 1 is 1.26 bits per heavy atom. The Labute approximate surface area is 138 Å². The number of hydrogen-bond acceptors (Lipinski definition) is 6. The summed E-state index contributed by atoms with van der Waals surface area (Å²) in [7, 11) is 0. The van der Waals surface area contributed by atoms with E-state index in [2.05, 4.69) is 38.6 Å². The van der Waals surface area contributed by atoms with E-state index in [1.807, 2.05) is 12.1 Å². The third kappa shape index (κ3) is 3.81. The van der Waals surface area contributed by atoms with Gasteiger partial charge in [0, 0.05) is 23.8 Å². The van der Waals surface area contributed by atoms with Crippen LogP contribution < -0.4 is 10.6 Å². The number of amides is 1. The minimum atomic E-state index is -0.0838. The van der Waals surface area contributed by atoms with Gasteiger partial charge in [-0.25, -0.2) is 9.97 Å². The molecule has 0 fully saturated rings. The Morgan fingerprint density at radius 2 is 2.09 bits per heavy atom. The maximum absolute atomic E-state index is 12.0. The first-order chi connectivity index (χ1) is 11.3. The Hall–Kier alpha value is -2.54. The van der Waals surface area contributed by atoms with E-state index in [-0.39, 0.29) is 12.5 Å². The highest BCUT2D eigenvalue weighted by atomic mass is 32.1. The van der Waals surface area contributed by atoms with Crippen LogP contribution in [0, 0.1) is 0 Å². The zero-order valence-electron chi connectivity index (χ0n) is 12.7. The SMILES string of the molecule is CCc1cc2c(NCC(=O)NCc3ccncc3)ncnc2s1. The van der Waals surface area contributed by atoms with Crippen LogP contribution in [0.25, 0.3) is 10.2 Å². The van der Waals surface area contributed by atoms with Crippen molar-refractivity contribution in [1.82, 2.24) is 20.3 Å². The molecule has 7 heteroatoms. The summed E-state index contributed by atoms with van der Waals surface area (Å²) < 4.78 is 0. The number of carbonyl (C=O) groups is 1. The Morgan fingerprint density at radius 3 is 2.87 bits per heavy atom. The maximum atomic E-state index is 12.0. The Balaban J connectivity index is 1.59. The van der Waals surface area contributed by atoms with Crippen LogP contribution in [0.15, 0.2) is 36.9 Å². The second-order valence-corrected chi connectivity index (χ2v) is 6.11.